The van der Waals surface area contributed by atoms with Gasteiger partial charge in [-0.1, -0.05) is 11.6 Å². The van der Waals surface area contributed by atoms with Gasteiger partial charge in [0, 0.05) is 12.4 Å². The first-order valence-corrected chi connectivity index (χ1v) is 6.62. The number of aryl methyl sites for hydroxylation is 1. The molecule has 20 heavy (non-hydrogen) atoms. The molecule has 100 valence electrons. The number of allylic oxidation sites excluding steroid dienone is 1. The molecule has 3 aromatic heterocycles. The highest BCUT2D eigenvalue weighted by atomic mass is 35.5. The molecule has 3 aromatic rings. The van der Waals surface area contributed by atoms with Gasteiger partial charge in [-0.3, -0.25) is 4.98 Å². The van der Waals surface area contributed by atoms with Crippen LogP contribution < -0.4 is 0 Å². The van der Waals surface area contributed by atoms with Crippen molar-refractivity contribution >= 4 is 28.9 Å². The van der Waals surface area contributed by atoms with E-state index >= 15 is 0 Å². The van der Waals surface area contributed by atoms with Crippen molar-refractivity contribution in [2.24, 2.45) is 0 Å². The van der Waals surface area contributed by atoms with Gasteiger partial charge in [0.1, 0.15) is 5.15 Å². The molecule has 0 spiro atoms. The molecule has 3 heterocycles. The summed E-state index contributed by atoms with van der Waals surface area (Å²) in [4.78, 5) is 8.43. The number of hydrogen-bond donors (Lipinski definition) is 0. The highest BCUT2D eigenvalue weighted by Crippen LogP contribution is 2.20. The van der Waals surface area contributed by atoms with Gasteiger partial charge in [0.25, 0.3) is 0 Å². The first-order valence-electron chi connectivity index (χ1n) is 6.25. The van der Waals surface area contributed by atoms with Crippen LogP contribution in [0.4, 0.5) is 0 Å². The molecule has 4 nitrogen and oxygen atoms in total. The summed E-state index contributed by atoms with van der Waals surface area (Å²) >= 11 is 5.95. The Hall–Kier alpha value is -2.20. The van der Waals surface area contributed by atoms with Gasteiger partial charge in [0.2, 0.25) is 0 Å². The third-order valence-corrected chi connectivity index (χ3v) is 3.37. The molecule has 0 radical (unpaired) electrons. The summed E-state index contributed by atoms with van der Waals surface area (Å²) < 4.78 is 1.75. The summed E-state index contributed by atoms with van der Waals surface area (Å²) in [6, 6.07) is 5.58. The van der Waals surface area contributed by atoms with Crippen LogP contribution in [0.15, 0.2) is 36.8 Å². The zero-order chi connectivity index (χ0) is 14.1. The summed E-state index contributed by atoms with van der Waals surface area (Å²) in [5.41, 5.74) is 5.05. The van der Waals surface area contributed by atoms with Gasteiger partial charge in [-0.25, -0.2) is 9.50 Å². The maximum Gasteiger partial charge on any atom is 0.154 e. The van der Waals surface area contributed by atoms with E-state index in [-0.39, 0.29) is 0 Å². The Balaban J connectivity index is 2.11. The minimum atomic E-state index is 0.449. The van der Waals surface area contributed by atoms with Gasteiger partial charge in [0.15, 0.2) is 5.65 Å². The molecule has 0 saturated heterocycles. The number of hydrogen-bond acceptors (Lipinski definition) is 3. The van der Waals surface area contributed by atoms with Crippen molar-refractivity contribution < 1.29 is 0 Å². The third kappa shape index (κ3) is 2.30. The average Bonchev–Trinajstić information content (AvgIpc) is 2.84. The van der Waals surface area contributed by atoms with Gasteiger partial charge < -0.3 is 0 Å². The molecule has 5 heteroatoms. The first-order chi connectivity index (χ1) is 9.65. The van der Waals surface area contributed by atoms with Crippen molar-refractivity contribution in [3.05, 3.63) is 58.8 Å². The molecule has 0 fully saturated rings. The summed E-state index contributed by atoms with van der Waals surface area (Å²) in [6.45, 7) is 4.07. The van der Waals surface area contributed by atoms with Crippen LogP contribution in [0.1, 0.15) is 23.7 Å². The maximum absolute atomic E-state index is 5.95. The Bertz CT molecular complexity index is 804. The van der Waals surface area contributed by atoms with Crippen LogP contribution in [-0.4, -0.2) is 19.6 Å². The summed E-state index contributed by atoms with van der Waals surface area (Å²) in [5.74, 6) is 0. The monoisotopic (exact) mass is 284 g/mol. The van der Waals surface area contributed by atoms with Gasteiger partial charge in [-0.05, 0) is 54.8 Å². The Kier molecular flexibility index (Phi) is 3.24. The van der Waals surface area contributed by atoms with E-state index in [1.54, 1.807) is 23.0 Å². The van der Waals surface area contributed by atoms with Crippen LogP contribution in [0.5, 0.6) is 0 Å². The molecule has 0 amide bonds. The molecule has 0 aromatic carbocycles. The number of imidazole rings is 1. The topological polar surface area (TPSA) is 43.1 Å². The molecular weight excluding hydrogens is 272 g/mol. The van der Waals surface area contributed by atoms with Crippen molar-refractivity contribution in [2.75, 3.05) is 0 Å². The molecule has 0 aliphatic heterocycles. The number of aromatic nitrogens is 4. The zero-order valence-corrected chi connectivity index (χ0v) is 12.0. The highest BCUT2D eigenvalue weighted by Gasteiger charge is 2.07. The lowest BCUT2D eigenvalue weighted by molar-refractivity contribution is 0.921. The molecule has 0 saturated carbocycles. The van der Waals surface area contributed by atoms with Crippen molar-refractivity contribution in [1.29, 1.82) is 0 Å². The minimum absolute atomic E-state index is 0.449. The fraction of sp³-hybridized carbons (Fsp3) is 0.133. The van der Waals surface area contributed by atoms with Crippen molar-refractivity contribution in [2.45, 2.75) is 13.8 Å². The molecule has 3 rings (SSSR count). The van der Waals surface area contributed by atoms with Gasteiger partial charge in [-0.15, -0.1) is 0 Å². The van der Waals surface area contributed by atoms with E-state index in [0.717, 1.165) is 28.0 Å². The number of nitrogens with zero attached hydrogens (tertiary/aromatic N) is 4. The molecular formula is C15H13ClN4. The lowest BCUT2D eigenvalue weighted by Gasteiger charge is -2.03. The summed E-state index contributed by atoms with van der Waals surface area (Å²) in [6.07, 6.45) is 7.54. The zero-order valence-electron chi connectivity index (χ0n) is 11.2. The Labute approximate surface area is 121 Å². The molecule has 0 bridgehead atoms. The smallest absolute Gasteiger partial charge is 0.154 e. The van der Waals surface area contributed by atoms with E-state index < -0.39 is 0 Å². The number of fused-ring (bicyclic) bond motifs is 1. The second-order valence-electron chi connectivity index (χ2n) is 4.63. The van der Waals surface area contributed by atoms with Crippen LogP contribution in [0.2, 0.25) is 5.15 Å². The van der Waals surface area contributed by atoms with E-state index in [0.29, 0.717) is 5.15 Å². The van der Waals surface area contributed by atoms with Crippen molar-refractivity contribution in [3.63, 3.8) is 0 Å². The molecule has 0 aliphatic carbocycles. The normalized spacial score (nSPS) is 12.1. The number of halogens is 1. The van der Waals surface area contributed by atoms with Gasteiger partial charge >= 0.3 is 0 Å². The van der Waals surface area contributed by atoms with Crippen LogP contribution in [0.25, 0.3) is 17.3 Å². The molecule has 0 N–H and O–H groups in total. The van der Waals surface area contributed by atoms with Gasteiger partial charge in [0.05, 0.1) is 11.9 Å². The van der Waals surface area contributed by atoms with Crippen LogP contribution in [-0.2, 0) is 0 Å². The number of rotatable bonds is 2. The Morgan fingerprint density at radius 3 is 2.90 bits per heavy atom. The predicted molar refractivity (Wildman–Crippen MR) is 80.5 cm³/mol. The Morgan fingerprint density at radius 2 is 2.10 bits per heavy atom. The van der Waals surface area contributed by atoms with E-state index in [1.165, 1.54) is 0 Å². The molecule has 0 aliphatic rings. The Morgan fingerprint density at radius 1 is 1.25 bits per heavy atom. The van der Waals surface area contributed by atoms with E-state index in [9.17, 15) is 0 Å². The predicted octanol–water partition coefficient (Wildman–Crippen LogP) is 3.65. The molecule has 0 unspecified atom stereocenters. The highest BCUT2D eigenvalue weighted by molar-refractivity contribution is 6.29. The largest absolute Gasteiger partial charge is 0.264 e. The van der Waals surface area contributed by atoms with Crippen LogP contribution in [0, 0.1) is 6.92 Å². The van der Waals surface area contributed by atoms with Crippen LogP contribution in [0.3, 0.4) is 0 Å². The molecule has 0 atom stereocenters. The lowest BCUT2D eigenvalue weighted by Crippen LogP contribution is -1.96. The van der Waals surface area contributed by atoms with Gasteiger partial charge in [-0.2, -0.15) is 5.10 Å². The van der Waals surface area contributed by atoms with E-state index in [1.807, 2.05) is 32.2 Å². The quantitative estimate of drug-likeness (QED) is 0.721. The first kappa shape index (κ1) is 12.8. The SMILES string of the molecule is C/C(=C\c1ccncc1C)c1cnc2ccc(Cl)nn12. The second-order valence-corrected chi connectivity index (χ2v) is 5.02. The fourth-order valence-electron chi connectivity index (χ4n) is 2.07. The van der Waals surface area contributed by atoms with Crippen molar-refractivity contribution in [3.8, 4) is 0 Å². The van der Waals surface area contributed by atoms with E-state index in [4.69, 9.17) is 11.6 Å². The minimum Gasteiger partial charge on any atom is -0.264 e. The summed E-state index contributed by atoms with van der Waals surface area (Å²) in [5, 5.41) is 4.74. The standard InChI is InChI=1S/C15H13ClN4/c1-10(7-12-5-6-17-8-11(12)2)13-9-18-15-4-3-14(16)19-20(13)15/h3-9H,1-2H3/b10-7+. The van der Waals surface area contributed by atoms with Crippen LogP contribution >= 0.6 is 11.6 Å². The third-order valence-electron chi connectivity index (χ3n) is 3.17. The lowest BCUT2D eigenvalue weighted by atomic mass is 10.1. The second kappa shape index (κ2) is 5.06. The van der Waals surface area contributed by atoms with Crippen molar-refractivity contribution in [1.82, 2.24) is 19.6 Å². The average molecular weight is 285 g/mol. The van der Waals surface area contributed by atoms with E-state index in [2.05, 4.69) is 21.1 Å². The number of pyridine rings is 1. The fourth-order valence-corrected chi connectivity index (χ4v) is 2.21. The maximum atomic E-state index is 5.95. The summed E-state index contributed by atoms with van der Waals surface area (Å²) in [7, 11) is 0.